The van der Waals surface area contributed by atoms with E-state index in [1.165, 1.54) is 0 Å². The van der Waals surface area contributed by atoms with Crippen LogP contribution in [0.2, 0.25) is 0 Å². The highest BCUT2D eigenvalue weighted by molar-refractivity contribution is 5.91. The van der Waals surface area contributed by atoms with Crippen molar-refractivity contribution >= 4 is 17.5 Å². The van der Waals surface area contributed by atoms with Crippen LogP contribution in [0.1, 0.15) is 11.5 Å². The molecule has 128 valence electrons. The molecular formula is C19H20N4O2. The molecule has 6 heteroatoms. The number of carbonyl (C=O) groups is 1. The summed E-state index contributed by atoms with van der Waals surface area (Å²) < 4.78 is 7.10. The summed E-state index contributed by atoms with van der Waals surface area (Å²) in [5.41, 5.74) is 2.16. The second kappa shape index (κ2) is 6.94. The van der Waals surface area contributed by atoms with E-state index in [1.54, 1.807) is 18.4 Å². The molecule has 0 N–H and O–H groups in total. The van der Waals surface area contributed by atoms with Gasteiger partial charge in [0, 0.05) is 45.0 Å². The minimum absolute atomic E-state index is 0.0313. The summed E-state index contributed by atoms with van der Waals surface area (Å²) in [4.78, 5) is 16.4. The van der Waals surface area contributed by atoms with Crippen molar-refractivity contribution in [2.45, 2.75) is 6.54 Å². The second-order valence-corrected chi connectivity index (χ2v) is 6.16. The van der Waals surface area contributed by atoms with Crippen LogP contribution >= 0.6 is 0 Å². The predicted octanol–water partition coefficient (Wildman–Crippen LogP) is 2.28. The van der Waals surface area contributed by atoms with Crippen LogP contribution in [0.5, 0.6) is 0 Å². The van der Waals surface area contributed by atoms with Crippen LogP contribution in [0, 0.1) is 0 Å². The summed E-state index contributed by atoms with van der Waals surface area (Å²) >= 11 is 0. The van der Waals surface area contributed by atoms with E-state index in [0.29, 0.717) is 5.76 Å². The van der Waals surface area contributed by atoms with Crippen molar-refractivity contribution in [2.75, 3.05) is 26.2 Å². The van der Waals surface area contributed by atoms with Crippen LogP contribution in [-0.4, -0.2) is 51.5 Å². The zero-order chi connectivity index (χ0) is 17.1. The standard InChI is InChI=1S/C19H20N4O2/c24-19(7-6-18-5-3-13-25-18)22-11-9-21(10-12-22)15-16-14-17-4-1-2-8-23(17)20-16/h1-8,13-14H,9-12,15H2. The first-order valence-electron chi connectivity index (χ1n) is 8.44. The lowest BCUT2D eigenvalue weighted by Gasteiger charge is -2.33. The fourth-order valence-electron chi connectivity index (χ4n) is 3.07. The van der Waals surface area contributed by atoms with Crippen molar-refractivity contribution in [1.82, 2.24) is 19.4 Å². The average Bonchev–Trinajstić information content (AvgIpc) is 3.29. The van der Waals surface area contributed by atoms with Crippen molar-refractivity contribution < 1.29 is 9.21 Å². The Morgan fingerprint density at radius 2 is 2.04 bits per heavy atom. The monoisotopic (exact) mass is 336 g/mol. The molecule has 3 aromatic rings. The topological polar surface area (TPSA) is 54.0 Å². The molecule has 1 saturated heterocycles. The molecular weight excluding hydrogens is 316 g/mol. The van der Waals surface area contributed by atoms with Crippen LogP contribution in [0.4, 0.5) is 0 Å². The Balaban J connectivity index is 1.31. The highest BCUT2D eigenvalue weighted by Crippen LogP contribution is 2.11. The second-order valence-electron chi connectivity index (χ2n) is 6.16. The third kappa shape index (κ3) is 3.64. The van der Waals surface area contributed by atoms with Gasteiger partial charge in [-0.1, -0.05) is 6.07 Å². The number of pyridine rings is 1. The maximum Gasteiger partial charge on any atom is 0.246 e. The van der Waals surface area contributed by atoms with Gasteiger partial charge in [-0.25, -0.2) is 4.52 Å². The smallest absolute Gasteiger partial charge is 0.246 e. The summed E-state index contributed by atoms with van der Waals surface area (Å²) in [6, 6.07) is 11.8. The molecule has 0 unspecified atom stereocenters. The molecule has 1 fully saturated rings. The van der Waals surface area contributed by atoms with Gasteiger partial charge in [0.15, 0.2) is 0 Å². The van der Waals surface area contributed by atoms with Gasteiger partial charge >= 0.3 is 0 Å². The molecule has 0 aliphatic carbocycles. The first-order valence-corrected chi connectivity index (χ1v) is 8.44. The number of furan rings is 1. The Morgan fingerprint density at radius 1 is 1.16 bits per heavy atom. The Kier molecular flexibility index (Phi) is 4.35. The molecule has 1 aliphatic rings. The summed E-state index contributed by atoms with van der Waals surface area (Å²) in [5.74, 6) is 0.725. The van der Waals surface area contributed by atoms with E-state index in [0.717, 1.165) is 43.9 Å². The Bertz CT molecular complexity index is 841. The van der Waals surface area contributed by atoms with Crippen LogP contribution in [-0.2, 0) is 11.3 Å². The minimum Gasteiger partial charge on any atom is -0.465 e. The number of fused-ring (bicyclic) bond motifs is 1. The molecule has 4 rings (SSSR count). The molecule has 0 spiro atoms. The van der Waals surface area contributed by atoms with Gasteiger partial charge in [0.2, 0.25) is 5.91 Å². The van der Waals surface area contributed by atoms with Crippen LogP contribution in [0.15, 0.2) is 59.4 Å². The number of hydrogen-bond acceptors (Lipinski definition) is 4. The van der Waals surface area contributed by atoms with Crippen molar-refractivity contribution in [1.29, 1.82) is 0 Å². The van der Waals surface area contributed by atoms with Crippen molar-refractivity contribution in [2.24, 2.45) is 0 Å². The van der Waals surface area contributed by atoms with Gasteiger partial charge < -0.3 is 9.32 Å². The van der Waals surface area contributed by atoms with Gasteiger partial charge in [-0.3, -0.25) is 9.69 Å². The molecule has 0 saturated carbocycles. The molecule has 4 heterocycles. The number of rotatable bonds is 4. The van der Waals surface area contributed by atoms with Crippen molar-refractivity contribution in [3.05, 3.63) is 66.4 Å². The molecule has 0 bridgehead atoms. The van der Waals surface area contributed by atoms with Crippen molar-refractivity contribution in [3.8, 4) is 0 Å². The van der Waals surface area contributed by atoms with E-state index in [-0.39, 0.29) is 5.91 Å². The maximum atomic E-state index is 12.2. The summed E-state index contributed by atoms with van der Waals surface area (Å²) in [6.07, 6.45) is 6.85. The third-order valence-electron chi connectivity index (χ3n) is 4.42. The Labute approximate surface area is 145 Å². The molecule has 6 nitrogen and oxygen atoms in total. The maximum absolute atomic E-state index is 12.2. The van der Waals surface area contributed by atoms with Gasteiger partial charge in [0.25, 0.3) is 0 Å². The molecule has 0 aromatic carbocycles. The first-order chi connectivity index (χ1) is 12.3. The normalized spacial score (nSPS) is 16.1. The van der Waals surface area contributed by atoms with Crippen LogP contribution < -0.4 is 0 Å². The fourth-order valence-corrected chi connectivity index (χ4v) is 3.07. The molecule has 0 radical (unpaired) electrons. The largest absolute Gasteiger partial charge is 0.465 e. The molecule has 0 atom stereocenters. The van der Waals surface area contributed by atoms with Gasteiger partial charge in [0.1, 0.15) is 5.76 Å². The molecule has 1 amide bonds. The lowest BCUT2D eigenvalue weighted by Crippen LogP contribution is -2.47. The van der Waals surface area contributed by atoms with E-state index in [1.807, 2.05) is 39.9 Å². The number of nitrogens with zero attached hydrogens (tertiary/aromatic N) is 4. The summed E-state index contributed by atoms with van der Waals surface area (Å²) in [5, 5.41) is 4.59. The van der Waals surface area contributed by atoms with Crippen LogP contribution in [0.3, 0.4) is 0 Å². The number of hydrogen-bond donors (Lipinski definition) is 0. The van der Waals surface area contributed by atoms with Gasteiger partial charge in [-0.05, 0) is 36.4 Å². The zero-order valence-electron chi connectivity index (χ0n) is 13.9. The molecule has 25 heavy (non-hydrogen) atoms. The van der Waals surface area contributed by atoms with E-state index < -0.39 is 0 Å². The van der Waals surface area contributed by atoms with E-state index in [4.69, 9.17) is 4.42 Å². The van der Waals surface area contributed by atoms with Gasteiger partial charge in [0.05, 0.1) is 17.5 Å². The van der Waals surface area contributed by atoms with Gasteiger partial charge in [-0.15, -0.1) is 0 Å². The SMILES string of the molecule is O=C(C=Cc1ccco1)N1CCN(Cc2cc3ccccn3n2)CC1. The molecule has 1 aliphatic heterocycles. The number of amides is 1. The van der Waals surface area contributed by atoms with E-state index in [9.17, 15) is 4.79 Å². The lowest BCUT2D eigenvalue weighted by atomic mass is 10.2. The average molecular weight is 336 g/mol. The highest BCUT2D eigenvalue weighted by Gasteiger charge is 2.20. The number of piperazine rings is 1. The Morgan fingerprint density at radius 3 is 2.80 bits per heavy atom. The minimum atomic E-state index is 0.0313. The van der Waals surface area contributed by atoms with Crippen LogP contribution in [0.25, 0.3) is 11.6 Å². The van der Waals surface area contributed by atoms with E-state index >= 15 is 0 Å². The fraction of sp³-hybridized carbons (Fsp3) is 0.263. The highest BCUT2D eigenvalue weighted by atomic mass is 16.3. The lowest BCUT2D eigenvalue weighted by molar-refractivity contribution is -0.127. The first kappa shape index (κ1) is 15.7. The number of carbonyl (C=O) groups excluding carboxylic acids is 1. The Hall–Kier alpha value is -2.86. The number of aromatic nitrogens is 2. The third-order valence-corrected chi connectivity index (χ3v) is 4.42. The summed E-state index contributed by atoms with van der Waals surface area (Å²) in [6.45, 7) is 3.98. The summed E-state index contributed by atoms with van der Waals surface area (Å²) in [7, 11) is 0. The van der Waals surface area contributed by atoms with Crippen molar-refractivity contribution in [3.63, 3.8) is 0 Å². The molecule has 3 aromatic heterocycles. The predicted molar refractivity (Wildman–Crippen MR) is 94.8 cm³/mol. The zero-order valence-corrected chi connectivity index (χ0v) is 13.9. The quantitative estimate of drug-likeness (QED) is 0.686. The van der Waals surface area contributed by atoms with Gasteiger partial charge in [-0.2, -0.15) is 5.10 Å². The van der Waals surface area contributed by atoms with E-state index in [2.05, 4.69) is 22.1 Å².